The lowest BCUT2D eigenvalue weighted by atomic mass is 9.69. The summed E-state index contributed by atoms with van der Waals surface area (Å²) in [5.41, 5.74) is 3.55. The highest BCUT2D eigenvalue weighted by atomic mass is 16.4. The van der Waals surface area contributed by atoms with Crippen molar-refractivity contribution in [3.8, 4) is 0 Å². The standard InChI is InChI=1S/C15H24O.C8H18.C2H4O2/c1-10-14(2,3)12-8-6-7-11(9-16)13(12)15(10,4)5;1-3-5-7-8-6-4-2;1-2(3)4/h9-11H,6-8H2,1-5H3;3-8H2,1-2H3;1H3,(H,3,4). The summed E-state index contributed by atoms with van der Waals surface area (Å²) < 4.78 is 0. The zero-order chi connectivity index (χ0) is 22.0. The molecule has 2 aliphatic carbocycles. The molecule has 0 aromatic rings. The Labute approximate surface area is 174 Å². The molecule has 0 heterocycles. The molecule has 0 bridgehead atoms. The van der Waals surface area contributed by atoms with Gasteiger partial charge < -0.3 is 9.90 Å². The Morgan fingerprint density at radius 2 is 1.50 bits per heavy atom. The van der Waals surface area contributed by atoms with Crippen LogP contribution in [0.5, 0.6) is 0 Å². The molecule has 2 rings (SSSR count). The summed E-state index contributed by atoms with van der Waals surface area (Å²) in [7, 11) is 0. The summed E-state index contributed by atoms with van der Waals surface area (Å²) >= 11 is 0. The Hall–Kier alpha value is -1.12. The normalized spacial score (nSPS) is 24.3. The van der Waals surface area contributed by atoms with Crippen LogP contribution in [0.4, 0.5) is 0 Å². The number of carbonyl (C=O) groups is 2. The molecule has 0 saturated heterocycles. The maximum atomic E-state index is 11.3. The first kappa shape index (κ1) is 26.9. The van der Waals surface area contributed by atoms with E-state index in [2.05, 4.69) is 48.5 Å². The van der Waals surface area contributed by atoms with Crippen molar-refractivity contribution in [3.63, 3.8) is 0 Å². The minimum Gasteiger partial charge on any atom is -0.481 e. The molecule has 0 aromatic carbocycles. The molecule has 0 aromatic heterocycles. The van der Waals surface area contributed by atoms with E-state index in [1.54, 1.807) is 5.57 Å². The Bertz CT molecular complexity index is 504. The second-order valence-electron chi connectivity index (χ2n) is 9.63. The van der Waals surface area contributed by atoms with Crippen molar-refractivity contribution in [2.24, 2.45) is 22.7 Å². The van der Waals surface area contributed by atoms with Crippen LogP contribution in [-0.4, -0.2) is 17.4 Å². The molecular formula is C25H46O3. The number of hydrogen-bond donors (Lipinski definition) is 1. The van der Waals surface area contributed by atoms with Crippen LogP contribution in [0.2, 0.25) is 0 Å². The van der Waals surface area contributed by atoms with Crippen molar-refractivity contribution < 1.29 is 14.7 Å². The van der Waals surface area contributed by atoms with E-state index in [1.807, 2.05) is 0 Å². The van der Waals surface area contributed by atoms with Crippen molar-refractivity contribution in [2.75, 3.05) is 0 Å². The monoisotopic (exact) mass is 394 g/mol. The molecule has 0 spiro atoms. The highest BCUT2D eigenvalue weighted by Gasteiger charge is 2.52. The van der Waals surface area contributed by atoms with E-state index in [-0.39, 0.29) is 16.7 Å². The van der Waals surface area contributed by atoms with Crippen molar-refractivity contribution in [2.45, 2.75) is 113 Å². The lowest BCUT2D eigenvalue weighted by Gasteiger charge is -2.35. The first-order valence-corrected chi connectivity index (χ1v) is 11.4. The molecular weight excluding hydrogens is 348 g/mol. The average molecular weight is 395 g/mol. The first-order valence-electron chi connectivity index (χ1n) is 11.4. The maximum absolute atomic E-state index is 11.3. The molecule has 3 heteroatoms. The molecule has 0 amide bonds. The zero-order valence-corrected chi connectivity index (χ0v) is 19.9. The zero-order valence-electron chi connectivity index (χ0n) is 19.9. The van der Waals surface area contributed by atoms with Gasteiger partial charge in [0.05, 0.1) is 0 Å². The fourth-order valence-corrected chi connectivity index (χ4v) is 4.92. The minimum absolute atomic E-state index is 0.197. The topological polar surface area (TPSA) is 54.4 Å². The molecule has 0 aliphatic heterocycles. The largest absolute Gasteiger partial charge is 0.481 e. The lowest BCUT2D eigenvalue weighted by Crippen LogP contribution is -2.29. The molecule has 1 N–H and O–H groups in total. The molecule has 164 valence electrons. The van der Waals surface area contributed by atoms with Gasteiger partial charge in [-0.05, 0) is 36.0 Å². The third-order valence-electron chi connectivity index (χ3n) is 6.90. The Kier molecular flexibility index (Phi) is 11.9. The Morgan fingerprint density at radius 1 is 1.04 bits per heavy atom. The second-order valence-corrected chi connectivity index (χ2v) is 9.63. The van der Waals surface area contributed by atoms with Gasteiger partial charge in [-0.15, -0.1) is 0 Å². The number of rotatable bonds is 6. The van der Waals surface area contributed by atoms with E-state index in [1.165, 1.54) is 63.2 Å². The number of hydrogen-bond acceptors (Lipinski definition) is 2. The molecule has 2 atom stereocenters. The van der Waals surface area contributed by atoms with Crippen molar-refractivity contribution in [1.82, 2.24) is 0 Å². The molecule has 0 fully saturated rings. The SMILES string of the molecule is CC(=O)O.CC1C(C)(C)C2=C(C(C=O)CCC2)C1(C)C.CCCCCCCC. The summed E-state index contributed by atoms with van der Waals surface area (Å²) in [5.74, 6) is -0.00600. The number of carboxylic acids is 1. The van der Waals surface area contributed by atoms with Crippen LogP contribution in [0, 0.1) is 22.7 Å². The van der Waals surface area contributed by atoms with Gasteiger partial charge >= 0.3 is 0 Å². The highest BCUT2D eigenvalue weighted by molar-refractivity contribution is 5.63. The lowest BCUT2D eigenvalue weighted by molar-refractivity contribution is -0.134. The molecule has 0 saturated carbocycles. The molecule has 2 aliphatic rings. The van der Waals surface area contributed by atoms with E-state index in [4.69, 9.17) is 9.90 Å². The van der Waals surface area contributed by atoms with Crippen LogP contribution in [0.15, 0.2) is 11.1 Å². The van der Waals surface area contributed by atoms with E-state index < -0.39 is 5.97 Å². The van der Waals surface area contributed by atoms with Crippen LogP contribution in [0.25, 0.3) is 0 Å². The van der Waals surface area contributed by atoms with Crippen LogP contribution in [-0.2, 0) is 9.59 Å². The van der Waals surface area contributed by atoms with Crippen molar-refractivity contribution in [3.05, 3.63) is 11.1 Å². The summed E-state index contributed by atoms with van der Waals surface area (Å²) in [6, 6.07) is 0. The van der Waals surface area contributed by atoms with Gasteiger partial charge in [-0.3, -0.25) is 4.79 Å². The van der Waals surface area contributed by atoms with Gasteiger partial charge in [-0.25, -0.2) is 0 Å². The van der Waals surface area contributed by atoms with Gasteiger partial charge in [-0.2, -0.15) is 0 Å². The summed E-state index contributed by atoms with van der Waals surface area (Å²) in [6.07, 6.45) is 13.1. The van der Waals surface area contributed by atoms with Crippen LogP contribution in [0.3, 0.4) is 0 Å². The van der Waals surface area contributed by atoms with E-state index in [9.17, 15) is 4.79 Å². The second kappa shape index (κ2) is 12.4. The summed E-state index contributed by atoms with van der Waals surface area (Å²) in [6.45, 7) is 17.3. The number of allylic oxidation sites excluding steroid dienone is 2. The van der Waals surface area contributed by atoms with Crippen molar-refractivity contribution in [1.29, 1.82) is 0 Å². The average Bonchev–Trinajstić information content (AvgIpc) is 2.77. The van der Waals surface area contributed by atoms with Crippen LogP contribution in [0.1, 0.15) is 113 Å². The number of carboxylic acid groups (broad SMARTS) is 1. The molecule has 0 radical (unpaired) electrons. The van der Waals surface area contributed by atoms with Gasteiger partial charge in [0.15, 0.2) is 0 Å². The Morgan fingerprint density at radius 3 is 1.89 bits per heavy atom. The van der Waals surface area contributed by atoms with Gasteiger partial charge in [-0.1, -0.05) is 98.1 Å². The summed E-state index contributed by atoms with van der Waals surface area (Å²) in [4.78, 5) is 20.3. The smallest absolute Gasteiger partial charge is 0.300 e. The quantitative estimate of drug-likeness (QED) is 0.289. The fraction of sp³-hybridized carbons (Fsp3) is 0.840. The van der Waals surface area contributed by atoms with E-state index in [0.29, 0.717) is 5.92 Å². The molecule has 2 unspecified atom stereocenters. The van der Waals surface area contributed by atoms with Crippen molar-refractivity contribution >= 4 is 12.3 Å². The Balaban J connectivity index is 0.000000511. The molecule has 3 nitrogen and oxygen atoms in total. The van der Waals surface area contributed by atoms with Crippen LogP contribution < -0.4 is 0 Å². The predicted octanol–water partition coefficient (Wildman–Crippen LogP) is 7.44. The number of carbonyl (C=O) groups excluding carboxylic acids is 1. The molecule has 28 heavy (non-hydrogen) atoms. The van der Waals surface area contributed by atoms with E-state index in [0.717, 1.165) is 13.3 Å². The maximum Gasteiger partial charge on any atom is 0.300 e. The third-order valence-corrected chi connectivity index (χ3v) is 6.90. The number of unbranched alkanes of at least 4 members (excludes halogenated alkanes) is 5. The predicted molar refractivity (Wildman–Crippen MR) is 120 cm³/mol. The third kappa shape index (κ3) is 7.37. The fourth-order valence-electron chi connectivity index (χ4n) is 4.92. The number of aliphatic carboxylic acids is 1. The first-order chi connectivity index (χ1) is 13.0. The van der Waals surface area contributed by atoms with Crippen LogP contribution >= 0.6 is 0 Å². The minimum atomic E-state index is -0.833. The van der Waals surface area contributed by atoms with Gasteiger partial charge in [0, 0.05) is 12.8 Å². The van der Waals surface area contributed by atoms with Gasteiger partial charge in [0.25, 0.3) is 5.97 Å². The highest BCUT2D eigenvalue weighted by Crippen LogP contribution is 2.61. The number of aldehydes is 1. The van der Waals surface area contributed by atoms with Gasteiger partial charge in [0.2, 0.25) is 0 Å². The summed E-state index contributed by atoms with van der Waals surface area (Å²) in [5, 5.41) is 7.42. The van der Waals surface area contributed by atoms with E-state index >= 15 is 0 Å². The van der Waals surface area contributed by atoms with Gasteiger partial charge in [0.1, 0.15) is 6.29 Å².